The van der Waals surface area contributed by atoms with Gasteiger partial charge in [-0.3, -0.25) is 9.10 Å². The zero-order chi connectivity index (χ0) is 23.8. The Labute approximate surface area is 198 Å². The number of hydrogen-bond donors (Lipinski definition) is 1. The van der Waals surface area contributed by atoms with E-state index in [-0.39, 0.29) is 10.6 Å². The average Bonchev–Trinajstić information content (AvgIpc) is 2.82. The Bertz CT molecular complexity index is 1230. The second kappa shape index (κ2) is 11.0. The van der Waals surface area contributed by atoms with Gasteiger partial charge in [-0.05, 0) is 74.0 Å². The number of hydrazone groups is 1. The van der Waals surface area contributed by atoms with E-state index in [2.05, 4.69) is 10.5 Å². The smallest absolute Gasteiger partial charge is 0.264 e. The van der Waals surface area contributed by atoms with Crippen molar-refractivity contribution in [1.82, 2.24) is 5.43 Å². The quantitative estimate of drug-likeness (QED) is 0.357. The number of benzene rings is 3. The minimum absolute atomic E-state index is 0.0619. The highest BCUT2D eigenvalue weighted by Crippen LogP contribution is 2.26. The van der Waals surface area contributed by atoms with E-state index in [9.17, 15) is 13.2 Å². The van der Waals surface area contributed by atoms with Gasteiger partial charge < -0.3 is 4.74 Å². The van der Waals surface area contributed by atoms with Crippen LogP contribution in [-0.4, -0.2) is 33.2 Å². The van der Waals surface area contributed by atoms with E-state index >= 15 is 0 Å². The molecule has 1 amide bonds. The van der Waals surface area contributed by atoms with Crippen LogP contribution in [0.3, 0.4) is 0 Å². The third-order valence-corrected chi connectivity index (χ3v) is 6.67. The van der Waals surface area contributed by atoms with Gasteiger partial charge >= 0.3 is 0 Å². The molecule has 0 unspecified atom stereocenters. The fraction of sp³-hybridized carbons (Fsp3) is 0.167. The number of sulfonamides is 1. The summed E-state index contributed by atoms with van der Waals surface area (Å²) in [6.45, 7) is 3.74. The van der Waals surface area contributed by atoms with E-state index in [0.717, 1.165) is 15.6 Å². The molecule has 0 fully saturated rings. The zero-order valence-corrected chi connectivity index (χ0v) is 19.8. The topological polar surface area (TPSA) is 88.1 Å². The Morgan fingerprint density at radius 2 is 1.73 bits per heavy atom. The molecule has 0 aliphatic heterocycles. The van der Waals surface area contributed by atoms with Crippen molar-refractivity contribution >= 4 is 38.9 Å². The predicted octanol–water partition coefficient (Wildman–Crippen LogP) is 4.47. The van der Waals surface area contributed by atoms with E-state index in [1.54, 1.807) is 43.3 Å². The highest BCUT2D eigenvalue weighted by molar-refractivity contribution is 7.92. The summed E-state index contributed by atoms with van der Waals surface area (Å²) in [5, 5.41) is 4.47. The largest absolute Gasteiger partial charge is 0.494 e. The van der Waals surface area contributed by atoms with E-state index in [4.69, 9.17) is 16.3 Å². The van der Waals surface area contributed by atoms with Gasteiger partial charge in [-0.1, -0.05) is 35.9 Å². The molecule has 9 heteroatoms. The minimum atomic E-state index is -4.02. The minimum Gasteiger partial charge on any atom is -0.494 e. The van der Waals surface area contributed by atoms with E-state index < -0.39 is 22.5 Å². The summed E-state index contributed by atoms with van der Waals surface area (Å²) in [6.07, 6.45) is 0. The fourth-order valence-corrected chi connectivity index (χ4v) is 4.62. The number of nitrogens with one attached hydrogen (secondary N) is 1. The first-order valence-electron chi connectivity index (χ1n) is 10.2. The first-order valence-corrected chi connectivity index (χ1v) is 12.0. The van der Waals surface area contributed by atoms with Crippen LogP contribution in [0.25, 0.3) is 0 Å². The van der Waals surface area contributed by atoms with Crippen LogP contribution in [0.2, 0.25) is 5.02 Å². The molecule has 0 saturated carbocycles. The average molecular weight is 486 g/mol. The maximum atomic E-state index is 13.3. The van der Waals surface area contributed by atoms with Crippen molar-refractivity contribution in [3.8, 4) is 5.75 Å². The van der Waals surface area contributed by atoms with E-state index in [1.165, 1.54) is 18.2 Å². The van der Waals surface area contributed by atoms with Crippen LogP contribution < -0.4 is 14.5 Å². The molecular formula is C24H24ClN3O4S. The van der Waals surface area contributed by atoms with Crippen molar-refractivity contribution in [2.24, 2.45) is 5.10 Å². The number of anilines is 1. The van der Waals surface area contributed by atoms with Gasteiger partial charge in [0.15, 0.2) is 0 Å². The molecule has 0 atom stereocenters. The summed E-state index contributed by atoms with van der Waals surface area (Å²) < 4.78 is 33.0. The number of rotatable bonds is 9. The number of carbonyl (C=O) groups is 1. The molecule has 3 aromatic rings. The van der Waals surface area contributed by atoms with Crippen LogP contribution in [0.1, 0.15) is 19.4 Å². The molecule has 0 radical (unpaired) electrons. The standard InChI is InChI=1S/C24H24ClN3O4S/c1-3-32-22-14-12-19(13-15-22)18(2)26-27-24(29)17-28(21-9-7-8-20(25)16-21)33(30,31)23-10-5-4-6-11-23/h4-16H,3,17H2,1-2H3,(H,27,29)/b26-18-. The van der Waals surface area contributed by atoms with Crippen LogP contribution >= 0.6 is 11.6 Å². The van der Waals surface area contributed by atoms with Crippen molar-refractivity contribution in [3.05, 3.63) is 89.4 Å². The molecular weight excluding hydrogens is 462 g/mol. The SMILES string of the molecule is CCOc1ccc(/C(C)=N\NC(=O)CN(c2cccc(Cl)c2)S(=O)(=O)c2ccccc2)cc1. The highest BCUT2D eigenvalue weighted by Gasteiger charge is 2.27. The number of nitrogens with zero attached hydrogens (tertiary/aromatic N) is 2. The van der Waals surface area contributed by atoms with Crippen molar-refractivity contribution in [3.63, 3.8) is 0 Å². The first kappa shape index (κ1) is 24.3. The van der Waals surface area contributed by atoms with Crippen molar-refractivity contribution in [1.29, 1.82) is 0 Å². The number of amides is 1. The van der Waals surface area contributed by atoms with Crippen LogP contribution in [-0.2, 0) is 14.8 Å². The predicted molar refractivity (Wildman–Crippen MR) is 130 cm³/mol. The third kappa shape index (κ3) is 6.34. The first-order chi connectivity index (χ1) is 15.8. The third-order valence-electron chi connectivity index (χ3n) is 4.65. The van der Waals surface area contributed by atoms with Crippen LogP contribution in [0, 0.1) is 0 Å². The monoisotopic (exact) mass is 485 g/mol. The fourth-order valence-electron chi connectivity index (χ4n) is 3.00. The highest BCUT2D eigenvalue weighted by atomic mass is 35.5. The molecule has 0 aliphatic carbocycles. The number of halogens is 1. The summed E-state index contributed by atoms with van der Waals surface area (Å²) in [5.74, 6) is 0.140. The van der Waals surface area contributed by atoms with Gasteiger partial charge in [0, 0.05) is 5.02 Å². The second-order valence-corrected chi connectivity index (χ2v) is 9.29. The summed E-state index contributed by atoms with van der Waals surface area (Å²) in [4.78, 5) is 12.7. The molecule has 0 saturated heterocycles. The summed E-state index contributed by atoms with van der Waals surface area (Å²) in [7, 11) is -4.02. The zero-order valence-electron chi connectivity index (χ0n) is 18.2. The van der Waals surface area contributed by atoms with Crippen LogP contribution in [0.15, 0.2) is 88.9 Å². The van der Waals surface area contributed by atoms with Crippen LogP contribution in [0.5, 0.6) is 5.75 Å². The molecule has 0 spiro atoms. The molecule has 1 N–H and O–H groups in total. The van der Waals surface area contributed by atoms with Gasteiger partial charge in [0.25, 0.3) is 15.9 Å². The van der Waals surface area contributed by atoms with Crippen molar-refractivity contribution in [2.45, 2.75) is 18.7 Å². The lowest BCUT2D eigenvalue weighted by molar-refractivity contribution is -0.119. The van der Waals surface area contributed by atoms with E-state index in [0.29, 0.717) is 17.3 Å². The van der Waals surface area contributed by atoms with Gasteiger partial charge in [-0.15, -0.1) is 0 Å². The second-order valence-electron chi connectivity index (χ2n) is 6.99. The normalized spacial score (nSPS) is 11.7. The molecule has 0 heterocycles. The Morgan fingerprint density at radius 3 is 2.36 bits per heavy atom. The maximum Gasteiger partial charge on any atom is 0.264 e. The lowest BCUT2D eigenvalue weighted by Gasteiger charge is -2.23. The number of hydrogen-bond acceptors (Lipinski definition) is 5. The van der Waals surface area contributed by atoms with Crippen molar-refractivity contribution < 1.29 is 17.9 Å². The molecule has 3 rings (SSSR count). The summed E-state index contributed by atoms with van der Waals surface area (Å²) in [5.41, 5.74) is 4.07. The Morgan fingerprint density at radius 1 is 1.03 bits per heavy atom. The Kier molecular flexibility index (Phi) is 8.08. The maximum absolute atomic E-state index is 13.3. The van der Waals surface area contributed by atoms with Crippen LogP contribution in [0.4, 0.5) is 5.69 Å². The molecule has 0 aliphatic rings. The van der Waals surface area contributed by atoms with E-state index in [1.807, 2.05) is 31.2 Å². The molecule has 0 bridgehead atoms. The molecule has 0 aromatic heterocycles. The Hall–Kier alpha value is -3.36. The molecule has 172 valence electrons. The lowest BCUT2D eigenvalue weighted by atomic mass is 10.1. The Balaban J connectivity index is 1.81. The molecule has 7 nitrogen and oxygen atoms in total. The van der Waals surface area contributed by atoms with Crippen molar-refractivity contribution in [2.75, 3.05) is 17.5 Å². The summed E-state index contributed by atoms with van der Waals surface area (Å²) in [6, 6.07) is 21.5. The molecule has 3 aromatic carbocycles. The number of ether oxygens (including phenoxy) is 1. The number of carbonyl (C=O) groups excluding carboxylic acids is 1. The molecule has 33 heavy (non-hydrogen) atoms. The van der Waals surface area contributed by atoms with Gasteiger partial charge in [0.1, 0.15) is 12.3 Å². The lowest BCUT2D eigenvalue weighted by Crippen LogP contribution is -2.39. The summed E-state index contributed by atoms with van der Waals surface area (Å²) >= 11 is 6.07. The van der Waals surface area contributed by atoms with Gasteiger partial charge in [0.2, 0.25) is 0 Å². The van der Waals surface area contributed by atoms with Gasteiger partial charge in [0.05, 0.1) is 22.9 Å². The van der Waals surface area contributed by atoms with Gasteiger partial charge in [-0.2, -0.15) is 5.10 Å². The van der Waals surface area contributed by atoms with Gasteiger partial charge in [-0.25, -0.2) is 13.8 Å².